The molecule has 2 unspecified atom stereocenters. The van der Waals surface area contributed by atoms with Crippen molar-refractivity contribution in [2.75, 3.05) is 13.1 Å². The topological polar surface area (TPSA) is 92.4 Å². The van der Waals surface area contributed by atoms with E-state index in [0.29, 0.717) is 25.3 Å². The van der Waals surface area contributed by atoms with Crippen LogP contribution < -0.4 is 11.1 Å². The molecule has 0 aromatic rings. The molecule has 100 valence electrons. The summed E-state index contributed by atoms with van der Waals surface area (Å²) in [6.07, 6.45) is 1.19. The van der Waals surface area contributed by atoms with Crippen LogP contribution in [0.5, 0.6) is 0 Å². The summed E-state index contributed by atoms with van der Waals surface area (Å²) in [4.78, 5) is 22.6. The third kappa shape index (κ3) is 6.94. The zero-order chi connectivity index (χ0) is 13.4. The van der Waals surface area contributed by atoms with Gasteiger partial charge in [0.25, 0.3) is 0 Å². The highest BCUT2D eigenvalue weighted by Crippen LogP contribution is 2.11. The van der Waals surface area contributed by atoms with Crippen LogP contribution in [-0.2, 0) is 9.59 Å². The van der Waals surface area contributed by atoms with Crippen LogP contribution in [0.25, 0.3) is 0 Å². The molecule has 17 heavy (non-hydrogen) atoms. The van der Waals surface area contributed by atoms with Crippen LogP contribution >= 0.6 is 0 Å². The lowest BCUT2D eigenvalue weighted by atomic mass is 9.97. The summed E-state index contributed by atoms with van der Waals surface area (Å²) in [7, 11) is 0. The number of nitrogens with two attached hydrogens (primary N) is 1. The highest BCUT2D eigenvalue weighted by Gasteiger charge is 2.20. The number of hydrogen-bond acceptors (Lipinski definition) is 3. The summed E-state index contributed by atoms with van der Waals surface area (Å²) in [5.41, 5.74) is 5.36. The molecule has 0 bridgehead atoms. The van der Waals surface area contributed by atoms with Crippen LogP contribution in [0.3, 0.4) is 0 Å². The maximum absolute atomic E-state index is 11.6. The van der Waals surface area contributed by atoms with Crippen molar-refractivity contribution in [1.82, 2.24) is 5.32 Å². The van der Waals surface area contributed by atoms with Gasteiger partial charge in [-0.05, 0) is 25.3 Å². The van der Waals surface area contributed by atoms with E-state index in [-0.39, 0.29) is 18.4 Å². The minimum atomic E-state index is -0.856. The number of rotatable bonds is 8. The molecule has 0 saturated carbocycles. The van der Waals surface area contributed by atoms with Crippen LogP contribution in [-0.4, -0.2) is 30.1 Å². The van der Waals surface area contributed by atoms with Crippen LogP contribution in [0, 0.1) is 17.8 Å². The molecule has 4 N–H and O–H groups in total. The molecular weight excluding hydrogens is 220 g/mol. The van der Waals surface area contributed by atoms with Crippen molar-refractivity contribution in [2.45, 2.75) is 33.6 Å². The molecule has 0 aromatic heterocycles. The van der Waals surface area contributed by atoms with Crippen molar-refractivity contribution >= 4 is 11.9 Å². The second-order valence-electron chi connectivity index (χ2n) is 4.89. The van der Waals surface area contributed by atoms with E-state index in [1.165, 1.54) is 0 Å². The fourth-order valence-electron chi connectivity index (χ4n) is 1.62. The summed E-state index contributed by atoms with van der Waals surface area (Å²) in [5.74, 6) is -1.34. The lowest BCUT2D eigenvalue weighted by molar-refractivity contribution is -0.142. The van der Waals surface area contributed by atoms with Crippen molar-refractivity contribution in [2.24, 2.45) is 23.5 Å². The average Bonchev–Trinajstić information content (AvgIpc) is 2.23. The normalized spacial score (nSPS) is 14.4. The summed E-state index contributed by atoms with van der Waals surface area (Å²) in [6.45, 7) is 6.38. The molecule has 0 saturated heterocycles. The van der Waals surface area contributed by atoms with E-state index < -0.39 is 11.9 Å². The summed E-state index contributed by atoms with van der Waals surface area (Å²) in [5, 5.41) is 11.7. The van der Waals surface area contributed by atoms with E-state index in [1.807, 2.05) is 13.8 Å². The van der Waals surface area contributed by atoms with Gasteiger partial charge in [-0.3, -0.25) is 9.59 Å². The number of carboxylic acid groups (broad SMARTS) is 1. The number of carbonyl (C=O) groups is 2. The molecule has 0 fully saturated rings. The quantitative estimate of drug-likeness (QED) is 0.589. The molecule has 1 amide bonds. The van der Waals surface area contributed by atoms with Crippen LogP contribution in [0.4, 0.5) is 0 Å². The Morgan fingerprint density at radius 2 is 1.88 bits per heavy atom. The van der Waals surface area contributed by atoms with Crippen molar-refractivity contribution in [3.8, 4) is 0 Å². The molecule has 0 rings (SSSR count). The van der Waals surface area contributed by atoms with Gasteiger partial charge in [-0.15, -0.1) is 0 Å². The van der Waals surface area contributed by atoms with Gasteiger partial charge < -0.3 is 16.2 Å². The highest BCUT2D eigenvalue weighted by molar-refractivity contribution is 5.79. The molecule has 0 aliphatic heterocycles. The molecule has 0 aliphatic rings. The molecular formula is C12H24N2O3. The van der Waals surface area contributed by atoms with Gasteiger partial charge in [0.2, 0.25) is 5.91 Å². The Labute approximate surface area is 103 Å². The Bertz CT molecular complexity index is 254. The molecule has 5 nitrogen and oxygen atoms in total. The largest absolute Gasteiger partial charge is 0.481 e. The standard InChI is InChI=1S/C12H24N2O3/c1-8(2)6-10(12(16)17)7-14-11(15)9(3)4-5-13/h8-10H,4-7,13H2,1-3H3,(H,14,15)(H,16,17). The van der Waals surface area contributed by atoms with Gasteiger partial charge >= 0.3 is 5.97 Å². The van der Waals surface area contributed by atoms with Crippen LogP contribution in [0.15, 0.2) is 0 Å². The fourth-order valence-corrected chi connectivity index (χ4v) is 1.62. The molecule has 0 aliphatic carbocycles. The fraction of sp³-hybridized carbons (Fsp3) is 0.833. The maximum Gasteiger partial charge on any atom is 0.308 e. The zero-order valence-electron chi connectivity index (χ0n) is 10.9. The van der Waals surface area contributed by atoms with Crippen molar-refractivity contribution in [3.63, 3.8) is 0 Å². The zero-order valence-corrected chi connectivity index (χ0v) is 10.9. The summed E-state index contributed by atoms with van der Waals surface area (Å²) < 4.78 is 0. The molecule has 0 spiro atoms. The summed E-state index contributed by atoms with van der Waals surface area (Å²) in [6, 6.07) is 0. The average molecular weight is 244 g/mol. The Morgan fingerprint density at radius 1 is 1.29 bits per heavy atom. The van der Waals surface area contributed by atoms with Crippen molar-refractivity contribution in [1.29, 1.82) is 0 Å². The Kier molecular flexibility index (Phi) is 7.54. The van der Waals surface area contributed by atoms with Crippen LogP contribution in [0.1, 0.15) is 33.6 Å². The lowest BCUT2D eigenvalue weighted by Crippen LogP contribution is -2.37. The van der Waals surface area contributed by atoms with Crippen molar-refractivity contribution in [3.05, 3.63) is 0 Å². The molecule has 0 radical (unpaired) electrons. The minimum Gasteiger partial charge on any atom is -0.481 e. The Balaban J connectivity index is 4.12. The number of amides is 1. The van der Waals surface area contributed by atoms with Crippen LogP contribution in [0.2, 0.25) is 0 Å². The number of nitrogens with one attached hydrogen (secondary N) is 1. The third-order valence-electron chi connectivity index (χ3n) is 2.68. The first-order valence-electron chi connectivity index (χ1n) is 6.09. The third-order valence-corrected chi connectivity index (χ3v) is 2.68. The maximum atomic E-state index is 11.6. The van der Waals surface area contributed by atoms with E-state index in [2.05, 4.69) is 5.32 Å². The van der Waals surface area contributed by atoms with E-state index in [0.717, 1.165) is 0 Å². The van der Waals surface area contributed by atoms with Gasteiger partial charge in [0, 0.05) is 12.5 Å². The molecule has 2 atom stereocenters. The first-order chi connectivity index (χ1) is 7.88. The first kappa shape index (κ1) is 15.9. The van der Waals surface area contributed by atoms with Gasteiger partial charge in [-0.2, -0.15) is 0 Å². The Morgan fingerprint density at radius 3 is 2.29 bits per heavy atom. The van der Waals surface area contributed by atoms with Gasteiger partial charge in [-0.25, -0.2) is 0 Å². The van der Waals surface area contributed by atoms with E-state index >= 15 is 0 Å². The van der Waals surface area contributed by atoms with Gasteiger partial charge in [0.1, 0.15) is 0 Å². The predicted octanol–water partition coefficient (Wildman–Crippen LogP) is 0.834. The lowest BCUT2D eigenvalue weighted by Gasteiger charge is -2.17. The number of hydrogen-bond donors (Lipinski definition) is 3. The van der Waals surface area contributed by atoms with Gasteiger partial charge in [0.05, 0.1) is 5.92 Å². The highest BCUT2D eigenvalue weighted by atomic mass is 16.4. The second-order valence-corrected chi connectivity index (χ2v) is 4.89. The molecule has 0 heterocycles. The van der Waals surface area contributed by atoms with Crippen molar-refractivity contribution < 1.29 is 14.7 Å². The number of aliphatic carboxylic acids is 1. The SMILES string of the molecule is CC(C)CC(CNC(=O)C(C)CCN)C(=O)O. The van der Waals surface area contributed by atoms with Gasteiger partial charge in [-0.1, -0.05) is 20.8 Å². The van der Waals surface area contributed by atoms with E-state index in [4.69, 9.17) is 10.8 Å². The monoisotopic (exact) mass is 244 g/mol. The van der Waals surface area contributed by atoms with E-state index in [9.17, 15) is 9.59 Å². The predicted molar refractivity (Wildman–Crippen MR) is 66.4 cm³/mol. The smallest absolute Gasteiger partial charge is 0.308 e. The summed E-state index contributed by atoms with van der Waals surface area (Å²) >= 11 is 0. The van der Waals surface area contributed by atoms with Gasteiger partial charge in [0.15, 0.2) is 0 Å². The molecule has 0 aromatic carbocycles. The minimum absolute atomic E-state index is 0.120. The molecule has 5 heteroatoms. The first-order valence-corrected chi connectivity index (χ1v) is 6.09. The number of carbonyl (C=O) groups excluding carboxylic acids is 1. The number of carboxylic acids is 1. The Hall–Kier alpha value is -1.10. The van der Waals surface area contributed by atoms with E-state index in [1.54, 1.807) is 6.92 Å². The second kappa shape index (κ2) is 8.06.